The Bertz CT molecular complexity index is 418. The summed E-state index contributed by atoms with van der Waals surface area (Å²) in [5, 5.41) is 9.13. The lowest BCUT2D eigenvalue weighted by Crippen LogP contribution is -1.71. The molecule has 0 atom stereocenters. The molecule has 0 radical (unpaired) electrons. The van der Waals surface area contributed by atoms with E-state index < -0.39 is 0 Å². The summed E-state index contributed by atoms with van der Waals surface area (Å²) in [7, 11) is 0. The zero-order chi connectivity index (χ0) is 10.1. The monoisotopic (exact) mass is 188 g/mol. The second-order valence-corrected chi connectivity index (χ2v) is 3.40. The first kappa shape index (κ1) is 8.88. The van der Waals surface area contributed by atoms with Crippen molar-refractivity contribution in [3.05, 3.63) is 41.7 Å². The number of phenols is 1. The summed E-state index contributed by atoms with van der Waals surface area (Å²) in [4.78, 5) is 0. The molecule has 0 amide bonds. The minimum absolute atomic E-state index is 0.272. The van der Waals surface area contributed by atoms with Gasteiger partial charge in [-0.2, -0.15) is 0 Å². The van der Waals surface area contributed by atoms with Crippen molar-refractivity contribution in [3.63, 3.8) is 0 Å². The highest BCUT2D eigenvalue weighted by Gasteiger charge is 2.05. The van der Waals surface area contributed by atoms with Gasteiger partial charge in [0.25, 0.3) is 0 Å². The fourth-order valence-corrected chi connectivity index (χ4v) is 1.34. The Hall–Kier alpha value is -1.70. The Kier molecular flexibility index (Phi) is 2.04. The van der Waals surface area contributed by atoms with E-state index >= 15 is 0 Å². The molecule has 1 aromatic carbocycles. The van der Waals surface area contributed by atoms with Gasteiger partial charge in [0.05, 0.1) is 0 Å². The molecule has 14 heavy (non-hydrogen) atoms. The fourth-order valence-electron chi connectivity index (χ4n) is 1.34. The minimum Gasteiger partial charge on any atom is -0.508 e. The zero-order valence-electron chi connectivity index (χ0n) is 8.24. The fraction of sp³-hybridized carbons (Fsp3) is 0.167. The first-order valence-electron chi connectivity index (χ1n) is 4.53. The molecule has 0 unspecified atom stereocenters. The van der Waals surface area contributed by atoms with Crippen LogP contribution in [0.4, 0.5) is 0 Å². The van der Waals surface area contributed by atoms with E-state index in [0.717, 1.165) is 22.6 Å². The maximum absolute atomic E-state index is 9.13. The number of benzene rings is 1. The van der Waals surface area contributed by atoms with Crippen LogP contribution in [0.25, 0.3) is 11.3 Å². The maximum atomic E-state index is 9.13. The SMILES string of the molecule is Cc1cc(-c2ccc(O)cc2)oc1C. The third-order valence-electron chi connectivity index (χ3n) is 2.32. The topological polar surface area (TPSA) is 33.4 Å². The molecule has 0 saturated carbocycles. The van der Waals surface area contributed by atoms with Crippen molar-refractivity contribution in [2.45, 2.75) is 13.8 Å². The largest absolute Gasteiger partial charge is 0.508 e. The molecule has 72 valence electrons. The average molecular weight is 188 g/mol. The average Bonchev–Trinajstić information content (AvgIpc) is 2.48. The van der Waals surface area contributed by atoms with E-state index in [9.17, 15) is 0 Å². The molecule has 0 aliphatic rings. The summed E-state index contributed by atoms with van der Waals surface area (Å²) in [5.41, 5.74) is 2.13. The van der Waals surface area contributed by atoms with Crippen LogP contribution in [0.15, 0.2) is 34.7 Å². The molecule has 0 saturated heterocycles. The van der Waals surface area contributed by atoms with Gasteiger partial charge in [0, 0.05) is 5.56 Å². The Morgan fingerprint density at radius 3 is 2.21 bits per heavy atom. The van der Waals surface area contributed by atoms with Gasteiger partial charge in [0.15, 0.2) is 0 Å². The lowest BCUT2D eigenvalue weighted by molar-refractivity contribution is 0.475. The predicted octanol–water partition coefficient (Wildman–Crippen LogP) is 3.27. The second kappa shape index (κ2) is 3.22. The zero-order valence-corrected chi connectivity index (χ0v) is 8.24. The molecule has 1 N–H and O–H groups in total. The summed E-state index contributed by atoms with van der Waals surface area (Å²) >= 11 is 0. The third kappa shape index (κ3) is 1.51. The lowest BCUT2D eigenvalue weighted by atomic mass is 10.1. The highest BCUT2D eigenvalue weighted by atomic mass is 16.3. The van der Waals surface area contributed by atoms with E-state index in [4.69, 9.17) is 9.52 Å². The molecule has 2 heteroatoms. The van der Waals surface area contributed by atoms with E-state index in [2.05, 4.69) is 0 Å². The Labute approximate surface area is 82.8 Å². The van der Waals surface area contributed by atoms with Crippen LogP contribution >= 0.6 is 0 Å². The van der Waals surface area contributed by atoms with Crippen LogP contribution < -0.4 is 0 Å². The molecular formula is C12H12O2. The third-order valence-corrected chi connectivity index (χ3v) is 2.32. The van der Waals surface area contributed by atoms with Gasteiger partial charge in [0.1, 0.15) is 17.3 Å². The molecule has 2 rings (SSSR count). The van der Waals surface area contributed by atoms with Gasteiger partial charge in [-0.15, -0.1) is 0 Å². The predicted molar refractivity (Wildman–Crippen MR) is 55.3 cm³/mol. The standard InChI is InChI=1S/C12H12O2/c1-8-7-12(14-9(8)2)10-3-5-11(13)6-4-10/h3-7,13H,1-2H3. The number of aromatic hydroxyl groups is 1. The maximum Gasteiger partial charge on any atom is 0.134 e. The Morgan fingerprint density at radius 1 is 1.07 bits per heavy atom. The molecule has 0 fully saturated rings. The van der Waals surface area contributed by atoms with Gasteiger partial charge in [-0.3, -0.25) is 0 Å². The molecule has 2 aromatic rings. The van der Waals surface area contributed by atoms with Crippen LogP contribution in [0.2, 0.25) is 0 Å². The van der Waals surface area contributed by atoms with Crippen molar-refractivity contribution in [3.8, 4) is 17.1 Å². The summed E-state index contributed by atoms with van der Waals surface area (Å²) in [5.74, 6) is 2.06. The molecule has 2 nitrogen and oxygen atoms in total. The normalized spacial score (nSPS) is 10.4. The van der Waals surface area contributed by atoms with Crippen LogP contribution in [0, 0.1) is 13.8 Å². The smallest absolute Gasteiger partial charge is 0.134 e. The summed E-state index contributed by atoms with van der Waals surface area (Å²) < 4.78 is 5.56. The second-order valence-electron chi connectivity index (χ2n) is 3.40. The Balaban J connectivity index is 2.44. The number of hydrogen-bond acceptors (Lipinski definition) is 2. The molecule has 0 aliphatic carbocycles. The lowest BCUT2D eigenvalue weighted by Gasteiger charge is -1.96. The number of phenolic OH excluding ortho intramolecular Hbond substituents is 1. The van der Waals surface area contributed by atoms with Gasteiger partial charge in [-0.25, -0.2) is 0 Å². The van der Waals surface area contributed by atoms with E-state index in [0.29, 0.717) is 0 Å². The van der Waals surface area contributed by atoms with E-state index in [1.165, 1.54) is 0 Å². The van der Waals surface area contributed by atoms with Crippen LogP contribution in [0.1, 0.15) is 11.3 Å². The minimum atomic E-state index is 0.272. The quantitative estimate of drug-likeness (QED) is 0.745. The summed E-state index contributed by atoms with van der Waals surface area (Å²) in [6.07, 6.45) is 0. The highest BCUT2D eigenvalue weighted by molar-refractivity contribution is 5.59. The van der Waals surface area contributed by atoms with Crippen molar-refractivity contribution in [2.24, 2.45) is 0 Å². The summed E-state index contributed by atoms with van der Waals surface area (Å²) in [6.45, 7) is 3.96. The van der Waals surface area contributed by atoms with Gasteiger partial charge < -0.3 is 9.52 Å². The summed E-state index contributed by atoms with van der Waals surface area (Å²) in [6, 6.07) is 8.99. The van der Waals surface area contributed by atoms with Crippen LogP contribution in [0.3, 0.4) is 0 Å². The van der Waals surface area contributed by atoms with Crippen molar-refractivity contribution >= 4 is 0 Å². The highest BCUT2D eigenvalue weighted by Crippen LogP contribution is 2.25. The first-order valence-corrected chi connectivity index (χ1v) is 4.53. The number of furan rings is 1. The van der Waals surface area contributed by atoms with E-state index in [1.54, 1.807) is 12.1 Å². The molecule has 0 spiro atoms. The van der Waals surface area contributed by atoms with E-state index in [1.807, 2.05) is 32.0 Å². The Morgan fingerprint density at radius 2 is 1.71 bits per heavy atom. The van der Waals surface area contributed by atoms with Crippen molar-refractivity contribution in [1.82, 2.24) is 0 Å². The van der Waals surface area contributed by atoms with E-state index in [-0.39, 0.29) is 5.75 Å². The van der Waals surface area contributed by atoms with Crippen LogP contribution in [0.5, 0.6) is 5.75 Å². The number of hydrogen-bond donors (Lipinski definition) is 1. The van der Waals surface area contributed by atoms with Gasteiger partial charge in [-0.05, 0) is 49.7 Å². The van der Waals surface area contributed by atoms with Gasteiger partial charge >= 0.3 is 0 Å². The van der Waals surface area contributed by atoms with Crippen molar-refractivity contribution < 1.29 is 9.52 Å². The molecule has 0 aliphatic heterocycles. The van der Waals surface area contributed by atoms with Gasteiger partial charge in [-0.1, -0.05) is 0 Å². The molecular weight excluding hydrogens is 176 g/mol. The van der Waals surface area contributed by atoms with Crippen molar-refractivity contribution in [2.75, 3.05) is 0 Å². The van der Waals surface area contributed by atoms with Crippen LogP contribution in [-0.4, -0.2) is 5.11 Å². The number of rotatable bonds is 1. The molecule has 1 heterocycles. The van der Waals surface area contributed by atoms with Crippen molar-refractivity contribution in [1.29, 1.82) is 0 Å². The number of aryl methyl sites for hydroxylation is 2. The first-order chi connectivity index (χ1) is 6.66. The molecule has 0 bridgehead atoms. The molecule has 1 aromatic heterocycles. The van der Waals surface area contributed by atoms with Gasteiger partial charge in [0.2, 0.25) is 0 Å². The van der Waals surface area contributed by atoms with Crippen LogP contribution in [-0.2, 0) is 0 Å².